The largest absolute Gasteiger partial charge is 0.480 e. The van der Waals surface area contributed by atoms with Crippen LogP contribution in [-0.4, -0.2) is 56.1 Å². The molecule has 11 nitrogen and oxygen atoms in total. The van der Waals surface area contributed by atoms with E-state index in [1.54, 1.807) is 12.1 Å². The molecule has 3 rings (SSSR count). The Kier molecular flexibility index (Phi) is 12.0. The summed E-state index contributed by atoms with van der Waals surface area (Å²) in [4.78, 5) is 46.1. The van der Waals surface area contributed by atoms with Crippen molar-refractivity contribution in [2.24, 2.45) is 5.73 Å². The fourth-order valence-electron chi connectivity index (χ4n) is 3.92. The summed E-state index contributed by atoms with van der Waals surface area (Å²) in [5.41, 5.74) is 12.2. The minimum atomic E-state index is -4.74. The zero-order valence-electron chi connectivity index (χ0n) is 19.1. The van der Waals surface area contributed by atoms with Gasteiger partial charge in [0.25, 0.3) is 0 Å². The van der Waals surface area contributed by atoms with E-state index in [9.17, 15) is 29.0 Å². The quantitative estimate of drug-likeness (QED) is 0.0980. The minimum absolute atomic E-state index is 0. The molecule has 14 heteroatoms. The lowest BCUT2D eigenvalue weighted by Gasteiger charge is -2.29. The predicted octanol–water partition coefficient (Wildman–Crippen LogP) is 1.77. The summed E-state index contributed by atoms with van der Waals surface area (Å²) in [5, 5.41) is 16.9. The van der Waals surface area contributed by atoms with Crippen molar-refractivity contribution < 1.29 is 29.0 Å². The van der Waals surface area contributed by atoms with Gasteiger partial charge in [0, 0.05) is 12.1 Å². The van der Waals surface area contributed by atoms with E-state index in [0.717, 1.165) is 5.56 Å². The average molecular weight is 562 g/mol. The van der Waals surface area contributed by atoms with Crippen LogP contribution in [0, 0.1) is 5.41 Å². The van der Waals surface area contributed by atoms with Crippen molar-refractivity contribution in [2.75, 3.05) is 6.54 Å². The van der Waals surface area contributed by atoms with Crippen LogP contribution in [0.15, 0.2) is 54.6 Å². The van der Waals surface area contributed by atoms with E-state index >= 15 is 0 Å². The van der Waals surface area contributed by atoms with E-state index in [0.29, 0.717) is 18.4 Å². The highest BCUT2D eigenvalue weighted by molar-refractivity contribution is 7.52. The molecule has 36 heavy (non-hydrogen) atoms. The van der Waals surface area contributed by atoms with Gasteiger partial charge in [0.2, 0.25) is 5.91 Å². The molecule has 1 aliphatic rings. The van der Waals surface area contributed by atoms with Crippen LogP contribution >= 0.6 is 32.4 Å². The van der Waals surface area contributed by atoms with Gasteiger partial charge >= 0.3 is 13.6 Å². The summed E-state index contributed by atoms with van der Waals surface area (Å²) in [6.45, 7) is 0.289. The van der Waals surface area contributed by atoms with E-state index in [2.05, 4.69) is 10.9 Å². The van der Waals surface area contributed by atoms with Crippen LogP contribution in [0.25, 0.3) is 0 Å². The Balaban J connectivity index is 0.00000324. The highest BCUT2D eigenvalue weighted by atomic mass is 35.5. The van der Waals surface area contributed by atoms with E-state index in [1.807, 2.05) is 18.2 Å². The molecule has 0 aliphatic carbocycles. The Morgan fingerprint density at radius 2 is 1.69 bits per heavy atom. The van der Waals surface area contributed by atoms with E-state index in [4.69, 9.17) is 11.1 Å². The second kappa shape index (κ2) is 13.7. The number of nitrogens with zero attached hydrogens (tertiary/aromatic N) is 1. The number of rotatable bonds is 10. The van der Waals surface area contributed by atoms with Crippen molar-refractivity contribution in [3.8, 4) is 0 Å². The molecule has 1 heterocycles. The van der Waals surface area contributed by atoms with Gasteiger partial charge in [-0.1, -0.05) is 54.6 Å². The van der Waals surface area contributed by atoms with E-state index < -0.39 is 37.3 Å². The number of benzene rings is 2. The third-order valence-electron chi connectivity index (χ3n) is 5.67. The molecule has 2 aromatic carbocycles. The molecular weight excluding hydrogens is 532 g/mol. The fraction of sp³-hybridized carbons (Fsp3) is 0.318. The molecule has 0 aromatic heterocycles. The first-order valence-electron chi connectivity index (χ1n) is 10.7. The molecule has 0 spiro atoms. The molecule has 3 atom stereocenters. The number of carboxylic acids is 1. The number of carbonyl (C=O) groups is 2. The Bertz CT molecular complexity index is 1090. The van der Waals surface area contributed by atoms with Crippen molar-refractivity contribution in [2.45, 2.75) is 37.1 Å². The number of nitrogen functional groups attached to an aromatic ring is 1. The number of nitrogens with two attached hydrogens (primary N) is 1. The molecule has 1 aliphatic heterocycles. The molecule has 198 valence electrons. The molecule has 1 amide bonds. The van der Waals surface area contributed by atoms with Gasteiger partial charge in [0.1, 0.15) is 23.7 Å². The van der Waals surface area contributed by atoms with Crippen LogP contribution in [0.2, 0.25) is 0 Å². The summed E-state index contributed by atoms with van der Waals surface area (Å²) >= 11 is 0. The first-order valence-corrected chi connectivity index (χ1v) is 12.3. The van der Waals surface area contributed by atoms with Gasteiger partial charge in [-0.3, -0.25) is 14.8 Å². The van der Waals surface area contributed by atoms with E-state index in [-0.39, 0.29) is 49.2 Å². The highest BCUT2D eigenvalue weighted by Gasteiger charge is 2.38. The number of amides is 1. The van der Waals surface area contributed by atoms with Gasteiger partial charge in [-0.05, 0) is 30.4 Å². The molecule has 1 unspecified atom stereocenters. The Hall–Kier alpha value is -2.50. The van der Waals surface area contributed by atoms with E-state index in [1.165, 1.54) is 29.2 Å². The zero-order valence-corrected chi connectivity index (χ0v) is 21.6. The summed E-state index contributed by atoms with van der Waals surface area (Å²) in [5.74, 6) is -3.24. The molecule has 0 radical (unpaired) electrons. The van der Waals surface area contributed by atoms with Gasteiger partial charge < -0.3 is 25.5 Å². The average Bonchev–Trinajstić information content (AvgIpc) is 3.28. The first kappa shape index (κ1) is 31.5. The number of nitrogens with one attached hydrogen (secondary N) is 3. The maximum atomic E-state index is 13.3. The van der Waals surface area contributed by atoms with Crippen LogP contribution in [0.4, 0.5) is 0 Å². The highest BCUT2D eigenvalue weighted by Crippen LogP contribution is 2.49. The van der Waals surface area contributed by atoms with Crippen LogP contribution in [0.3, 0.4) is 0 Å². The topological polar surface area (TPSA) is 189 Å². The molecule has 2 aromatic rings. The number of hydrogen-bond acceptors (Lipinski definition) is 6. The molecule has 1 fully saturated rings. The maximum Gasteiger partial charge on any atom is 0.348 e. The Morgan fingerprint density at radius 1 is 1.08 bits per heavy atom. The van der Waals surface area contributed by atoms with Crippen molar-refractivity contribution in [1.82, 2.24) is 15.8 Å². The molecule has 8 N–H and O–H groups in total. The number of hydrogen-bond donors (Lipinski definition) is 7. The lowest BCUT2D eigenvalue weighted by atomic mass is 10.0. The number of carboxylic acid groups (broad SMARTS) is 1. The second-order valence-corrected chi connectivity index (χ2v) is 9.78. The summed E-state index contributed by atoms with van der Waals surface area (Å²) in [6, 6.07) is 12.9. The van der Waals surface area contributed by atoms with Crippen LogP contribution in [-0.2, 0) is 20.6 Å². The van der Waals surface area contributed by atoms with Crippen molar-refractivity contribution in [1.29, 1.82) is 5.41 Å². The molecule has 1 saturated heterocycles. The second-order valence-electron chi connectivity index (χ2n) is 8.09. The monoisotopic (exact) mass is 561 g/mol. The summed E-state index contributed by atoms with van der Waals surface area (Å²) < 4.78 is 12.2. The third kappa shape index (κ3) is 8.01. The van der Waals surface area contributed by atoms with Gasteiger partial charge in [-0.2, -0.15) is 0 Å². The lowest BCUT2D eigenvalue weighted by molar-refractivity contribution is -0.149. The number of hydrazine groups is 1. The SMILES string of the molecule is Cl.Cl.N=C(N)c1ccc(C(NN[C@H](Cc2ccccc2)C(=O)N2CCC[C@H]2C(=O)O)P(=O)(O)O)cc1. The number of amidine groups is 1. The third-order valence-corrected chi connectivity index (χ3v) is 6.77. The minimum Gasteiger partial charge on any atom is -0.480 e. The fourth-order valence-corrected chi connectivity index (χ4v) is 4.73. The Labute approximate surface area is 220 Å². The van der Waals surface area contributed by atoms with Crippen LogP contribution in [0.1, 0.15) is 35.3 Å². The first-order chi connectivity index (χ1) is 16.1. The molecule has 0 bridgehead atoms. The number of halogens is 2. The van der Waals surface area contributed by atoms with Gasteiger partial charge in [-0.15, -0.1) is 24.8 Å². The smallest absolute Gasteiger partial charge is 0.348 e. The summed E-state index contributed by atoms with van der Waals surface area (Å²) in [7, 11) is -4.74. The van der Waals surface area contributed by atoms with Crippen LogP contribution in [0.5, 0.6) is 0 Å². The molecule has 0 saturated carbocycles. The summed E-state index contributed by atoms with van der Waals surface area (Å²) in [6.07, 6.45) is 1.08. The van der Waals surface area contributed by atoms with Crippen LogP contribution < -0.4 is 16.6 Å². The standard InChI is InChI=1S/C22H28N5O6P.2ClH/c23-19(24)15-8-10-16(11-9-15)20(34(31,32)33)26-25-17(13-14-5-2-1-3-6-14)21(28)27-12-4-7-18(27)22(29)30;;/h1-3,5-6,8-11,17-18,20,25-26H,4,7,12-13H2,(H3,23,24)(H,29,30)(H2,31,32,33);2*1H/t17-,18+,20?;;/m1../s1. The zero-order chi connectivity index (χ0) is 24.9. The lowest BCUT2D eigenvalue weighted by Crippen LogP contribution is -2.55. The van der Waals surface area contributed by atoms with Gasteiger partial charge in [-0.25, -0.2) is 15.6 Å². The van der Waals surface area contributed by atoms with Gasteiger partial charge in [0.05, 0.1) is 0 Å². The number of carbonyl (C=O) groups excluding carboxylic acids is 1. The predicted molar refractivity (Wildman–Crippen MR) is 139 cm³/mol. The number of aliphatic carboxylic acids is 1. The number of likely N-dealkylation sites (tertiary alicyclic amines) is 1. The van der Waals surface area contributed by atoms with Gasteiger partial charge in [0.15, 0.2) is 0 Å². The van der Waals surface area contributed by atoms with Crippen molar-refractivity contribution in [3.63, 3.8) is 0 Å². The molecular formula is C22H30Cl2N5O6P. The van der Waals surface area contributed by atoms with Crippen molar-refractivity contribution in [3.05, 3.63) is 71.3 Å². The normalized spacial score (nSPS) is 16.8. The van der Waals surface area contributed by atoms with Crippen molar-refractivity contribution >= 4 is 50.1 Å². The Morgan fingerprint density at radius 3 is 2.22 bits per heavy atom. The maximum absolute atomic E-state index is 13.3.